The van der Waals surface area contributed by atoms with Crippen LogP contribution in [0.15, 0.2) is 30.3 Å². The summed E-state index contributed by atoms with van der Waals surface area (Å²) in [6.45, 7) is 2.00. The highest BCUT2D eigenvalue weighted by Gasteiger charge is 2.10. The zero-order chi connectivity index (χ0) is 9.68. The Labute approximate surface area is 86.4 Å². The molecule has 0 aliphatic heterocycles. The minimum atomic E-state index is -0.239. The van der Waals surface area contributed by atoms with Gasteiger partial charge in [-0.3, -0.25) is 4.79 Å². The minimum absolute atomic E-state index is 0.200. The molecular weight excluding hydrogens is 232 g/mol. The molecule has 70 valence electrons. The highest BCUT2D eigenvalue weighted by atomic mass is 79.9. The van der Waals surface area contributed by atoms with E-state index >= 15 is 0 Å². The predicted molar refractivity (Wildman–Crippen MR) is 54.5 cm³/mol. The van der Waals surface area contributed by atoms with Crippen molar-refractivity contribution in [1.29, 1.82) is 0 Å². The number of hydrogen-bond acceptors (Lipinski definition) is 2. The number of benzene rings is 1. The van der Waals surface area contributed by atoms with Crippen molar-refractivity contribution < 1.29 is 8.62 Å². The molecule has 0 bridgehead atoms. The molecule has 0 saturated heterocycles. The van der Waals surface area contributed by atoms with E-state index in [9.17, 15) is 4.79 Å². The number of hydrogen-bond donors (Lipinski definition) is 0. The van der Waals surface area contributed by atoms with Crippen LogP contribution in [-0.2, 0) is 8.62 Å². The van der Waals surface area contributed by atoms with Gasteiger partial charge in [-0.25, -0.2) is 0 Å². The van der Waals surface area contributed by atoms with E-state index in [0.717, 1.165) is 5.56 Å². The Kier molecular flexibility index (Phi) is 3.96. The fourth-order valence-corrected chi connectivity index (χ4v) is 1.31. The molecule has 0 radical (unpaired) electrons. The minimum Gasteiger partial charge on any atom is -0.384 e. The molecule has 0 saturated carbocycles. The van der Waals surface area contributed by atoms with Crippen LogP contribution in [0.25, 0.3) is 0 Å². The van der Waals surface area contributed by atoms with Gasteiger partial charge >= 0.3 is 5.97 Å². The molecule has 1 aromatic carbocycles. The zero-order valence-corrected chi connectivity index (χ0v) is 8.95. The SMILES string of the molecule is CC(CC(=O)OBr)c1ccccc1. The summed E-state index contributed by atoms with van der Waals surface area (Å²) in [6, 6.07) is 9.90. The van der Waals surface area contributed by atoms with Crippen molar-refractivity contribution in [3.8, 4) is 0 Å². The van der Waals surface area contributed by atoms with Crippen molar-refractivity contribution in [2.24, 2.45) is 0 Å². The average Bonchev–Trinajstić information content (AvgIpc) is 2.19. The molecule has 0 aliphatic rings. The van der Waals surface area contributed by atoms with Crippen molar-refractivity contribution >= 4 is 22.2 Å². The van der Waals surface area contributed by atoms with Gasteiger partial charge in [0.15, 0.2) is 16.3 Å². The Morgan fingerprint density at radius 3 is 2.62 bits per heavy atom. The van der Waals surface area contributed by atoms with Crippen LogP contribution in [0.5, 0.6) is 0 Å². The first kappa shape index (κ1) is 10.3. The van der Waals surface area contributed by atoms with Gasteiger partial charge in [0, 0.05) is 0 Å². The van der Waals surface area contributed by atoms with Crippen molar-refractivity contribution in [3.63, 3.8) is 0 Å². The maximum atomic E-state index is 10.9. The van der Waals surface area contributed by atoms with Crippen LogP contribution in [0, 0.1) is 0 Å². The second-order valence-electron chi connectivity index (χ2n) is 2.97. The molecule has 0 heterocycles. The maximum Gasteiger partial charge on any atom is 0.317 e. The fourth-order valence-electron chi connectivity index (χ4n) is 1.18. The van der Waals surface area contributed by atoms with Crippen LogP contribution in [0.2, 0.25) is 0 Å². The van der Waals surface area contributed by atoms with Crippen molar-refractivity contribution in [2.75, 3.05) is 0 Å². The number of carbonyl (C=O) groups is 1. The van der Waals surface area contributed by atoms with Crippen molar-refractivity contribution in [1.82, 2.24) is 0 Å². The van der Waals surface area contributed by atoms with Gasteiger partial charge in [-0.2, -0.15) is 0 Å². The van der Waals surface area contributed by atoms with E-state index in [4.69, 9.17) is 0 Å². The van der Waals surface area contributed by atoms with Crippen LogP contribution in [0.1, 0.15) is 24.8 Å². The van der Waals surface area contributed by atoms with Gasteiger partial charge in [0.25, 0.3) is 0 Å². The first-order valence-electron chi connectivity index (χ1n) is 4.10. The van der Waals surface area contributed by atoms with Crippen LogP contribution >= 0.6 is 16.3 Å². The molecule has 2 nitrogen and oxygen atoms in total. The number of halogens is 1. The van der Waals surface area contributed by atoms with E-state index < -0.39 is 0 Å². The van der Waals surface area contributed by atoms with E-state index in [1.807, 2.05) is 37.3 Å². The van der Waals surface area contributed by atoms with Gasteiger partial charge in [-0.15, -0.1) is 0 Å². The molecule has 3 heteroatoms. The summed E-state index contributed by atoms with van der Waals surface area (Å²) in [5, 5.41) is 0. The summed E-state index contributed by atoms with van der Waals surface area (Å²) in [6.07, 6.45) is 0.398. The molecule has 0 fully saturated rings. The van der Waals surface area contributed by atoms with E-state index in [-0.39, 0.29) is 11.9 Å². The summed E-state index contributed by atoms with van der Waals surface area (Å²) in [4.78, 5) is 10.9. The Morgan fingerprint density at radius 2 is 2.08 bits per heavy atom. The van der Waals surface area contributed by atoms with E-state index in [0.29, 0.717) is 6.42 Å². The molecular formula is C10H11BrO2. The zero-order valence-electron chi connectivity index (χ0n) is 7.37. The lowest BCUT2D eigenvalue weighted by Crippen LogP contribution is -2.03. The van der Waals surface area contributed by atoms with Crippen LogP contribution < -0.4 is 0 Å². The topological polar surface area (TPSA) is 26.3 Å². The third-order valence-electron chi connectivity index (χ3n) is 1.93. The molecule has 1 aromatic rings. The first-order chi connectivity index (χ1) is 6.24. The number of rotatable bonds is 3. The van der Waals surface area contributed by atoms with Crippen molar-refractivity contribution in [3.05, 3.63) is 35.9 Å². The molecule has 13 heavy (non-hydrogen) atoms. The molecule has 0 amide bonds. The largest absolute Gasteiger partial charge is 0.384 e. The maximum absolute atomic E-state index is 10.9. The van der Waals surface area contributed by atoms with Crippen LogP contribution in [0.4, 0.5) is 0 Å². The fraction of sp³-hybridized carbons (Fsp3) is 0.300. The monoisotopic (exact) mass is 242 g/mol. The normalized spacial score (nSPS) is 12.2. The van der Waals surface area contributed by atoms with E-state index in [1.165, 1.54) is 0 Å². The van der Waals surface area contributed by atoms with E-state index in [2.05, 4.69) is 20.1 Å². The Hall–Kier alpha value is -0.830. The molecule has 1 rings (SSSR count). The van der Waals surface area contributed by atoms with Gasteiger partial charge in [-0.1, -0.05) is 37.3 Å². The summed E-state index contributed by atoms with van der Waals surface area (Å²) < 4.78 is 4.42. The third kappa shape index (κ3) is 3.19. The van der Waals surface area contributed by atoms with Gasteiger partial charge in [-0.05, 0) is 11.5 Å². The Morgan fingerprint density at radius 1 is 1.46 bits per heavy atom. The Balaban J connectivity index is 2.59. The lowest BCUT2D eigenvalue weighted by Gasteiger charge is -2.08. The lowest BCUT2D eigenvalue weighted by atomic mass is 9.98. The number of carbonyl (C=O) groups excluding carboxylic acids is 1. The highest BCUT2D eigenvalue weighted by molar-refractivity contribution is 9.06. The molecule has 0 aromatic heterocycles. The average molecular weight is 243 g/mol. The second kappa shape index (κ2) is 5.02. The van der Waals surface area contributed by atoms with Gasteiger partial charge < -0.3 is 3.83 Å². The molecule has 0 aliphatic carbocycles. The predicted octanol–water partition coefficient (Wildman–Crippen LogP) is 3.03. The molecule has 1 atom stereocenters. The standard InChI is InChI=1S/C10H11BrO2/c1-8(7-10(12)13-11)9-5-3-2-4-6-9/h2-6,8H,7H2,1H3. The summed E-state index contributed by atoms with van der Waals surface area (Å²) in [5.74, 6) is -0.0393. The first-order valence-corrected chi connectivity index (χ1v) is 4.75. The van der Waals surface area contributed by atoms with Gasteiger partial charge in [0.1, 0.15) is 0 Å². The van der Waals surface area contributed by atoms with Gasteiger partial charge in [0.05, 0.1) is 6.42 Å². The van der Waals surface area contributed by atoms with Crippen LogP contribution in [-0.4, -0.2) is 5.97 Å². The summed E-state index contributed by atoms with van der Waals surface area (Å²) in [7, 11) is 0. The smallest absolute Gasteiger partial charge is 0.317 e. The quantitative estimate of drug-likeness (QED) is 0.815. The lowest BCUT2D eigenvalue weighted by molar-refractivity contribution is -0.132. The van der Waals surface area contributed by atoms with E-state index in [1.54, 1.807) is 0 Å². The Bertz CT molecular complexity index is 272. The molecule has 0 N–H and O–H groups in total. The van der Waals surface area contributed by atoms with Crippen LogP contribution in [0.3, 0.4) is 0 Å². The second-order valence-corrected chi connectivity index (χ2v) is 3.29. The summed E-state index contributed by atoms with van der Waals surface area (Å²) >= 11 is 2.67. The molecule has 0 spiro atoms. The molecule has 1 unspecified atom stereocenters. The van der Waals surface area contributed by atoms with Gasteiger partial charge in [0.2, 0.25) is 0 Å². The third-order valence-corrected chi connectivity index (χ3v) is 2.29. The summed E-state index contributed by atoms with van der Waals surface area (Å²) in [5.41, 5.74) is 1.15. The highest BCUT2D eigenvalue weighted by Crippen LogP contribution is 2.19. The van der Waals surface area contributed by atoms with Crippen molar-refractivity contribution in [2.45, 2.75) is 19.3 Å².